The molecule has 0 saturated heterocycles. The van der Waals surface area contributed by atoms with Crippen LogP contribution in [0.4, 0.5) is 0 Å². The molecule has 0 spiro atoms. The van der Waals surface area contributed by atoms with E-state index in [-0.39, 0.29) is 0 Å². The Balaban J connectivity index is 2.03. The fourth-order valence-corrected chi connectivity index (χ4v) is 2.44. The molecule has 92 valence electrons. The van der Waals surface area contributed by atoms with E-state index >= 15 is 0 Å². The maximum absolute atomic E-state index is 11.3. The Bertz CT molecular complexity index is 603. The zero-order valence-corrected chi connectivity index (χ0v) is 10.3. The summed E-state index contributed by atoms with van der Waals surface area (Å²) in [7, 11) is 0. The van der Waals surface area contributed by atoms with Crippen molar-refractivity contribution in [2.45, 2.75) is 18.3 Å². The Labute approximate surface area is 109 Å². The van der Waals surface area contributed by atoms with E-state index in [4.69, 9.17) is 11.6 Å². The minimum atomic E-state index is -0.769. The number of halogens is 1. The van der Waals surface area contributed by atoms with Gasteiger partial charge in [0.2, 0.25) is 0 Å². The number of carboxylic acids is 1. The zero-order valence-electron chi connectivity index (χ0n) is 9.51. The smallest absolute Gasteiger partial charge is 0.314 e. The minimum Gasteiger partial charge on any atom is -0.481 e. The quantitative estimate of drug-likeness (QED) is 0.925. The van der Waals surface area contributed by atoms with Crippen molar-refractivity contribution < 1.29 is 9.90 Å². The number of nitrogens with zero attached hydrogens (tertiary/aromatic N) is 2. The molecular weight excluding hydrogens is 252 g/mol. The summed E-state index contributed by atoms with van der Waals surface area (Å²) in [5.74, 6) is -0.769. The fourth-order valence-electron chi connectivity index (χ4n) is 2.17. The van der Waals surface area contributed by atoms with Crippen molar-refractivity contribution >= 4 is 17.6 Å². The number of benzene rings is 1. The molecule has 5 heteroatoms. The first-order valence-corrected chi connectivity index (χ1v) is 6.03. The minimum absolute atomic E-state index is 0.540. The molecule has 0 aliphatic heterocycles. The first kappa shape index (κ1) is 11.3. The van der Waals surface area contributed by atoms with Crippen molar-refractivity contribution in [2.75, 3.05) is 0 Å². The number of hydrogen-bond acceptors (Lipinski definition) is 2. The van der Waals surface area contributed by atoms with Gasteiger partial charge >= 0.3 is 5.97 Å². The van der Waals surface area contributed by atoms with Gasteiger partial charge in [-0.1, -0.05) is 17.7 Å². The molecule has 1 fully saturated rings. The zero-order chi connectivity index (χ0) is 12.8. The lowest BCUT2D eigenvalue weighted by molar-refractivity contribution is -0.140. The van der Waals surface area contributed by atoms with Crippen LogP contribution in [0.5, 0.6) is 0 Å². The van der Waals surface area contributed by atoms with Gasteiger partial charge in [-0.25, -0.2) is 4.98 Å². The lowest BCUT2D eigenvalue weighted by atomic mass is 9.96. The molecule has 0 radical (unpaired) electrons. The van der Waals surface area contributed by atoms with Crippen molar-refractivity contribution in [2.24, 2.45) is 0 Å². The van der Waals surface area contributed by atoms with Crippen LogP contribution in [0.25, 0.3) is 5.69 Å². The van der Waals surface area contributed by atoms with Gasteiger partial charge in [-0.15, -0.1) is 0 Å². The van der Waals surface area contributed by atoms with Gasteiger partial charge in [0.05, 0.1) is 22.5 Å². The van der Waals surface area contributed by atoms with Crippen molar-refractivity contribution in [1.29, 1.82) is 0 Å². The second kappa shape index (κ2) is 3.85. The van der Waals surface area contributed by atoms with E-state index in [9.17, 15) is 9.90 Å². The molecule has 0 bridgehead atoms. The van der Waals surface area contributed by atoms with Crippen molar-refractivity contribution in [3.05, 3.63) is 47.5 Å². The Morgan fingerprint density at radius 1 is 1.44 bits per heavy atom. The highest BCUT2D eigenvalue weighted by atomic mass is 35.5. The summed E-state index contributed by atoms with van der Waals surface area (Å²) in [6.45, 7) is 0. The SMILES string of the molecule is O=C(O)C1(c2ccc(-n3ccnc3)c(Cl)c2)CC1. The summed E-state index contributed by atoms with van der Waals surface area (Å²) in [6.07, 6.45) is 6.49. The molecule has 0 unspecified atom stereocenters. The fraction of sp³-hybridized carbons (Fsp3) is 0.231. The third kappa shape index (κ3) is 1.61. The second-order valence-corrected chi connectivity index (χ2v) is 4.93. The van der Waals surface area contributed by atoms with E-state index in [1.54, 1.807) is 29.4 Å². The molecule has 0 atom stereocenters. The monoisotopic (exact) mass is 262 g/mol. The van der Waals surface area contributed by atoms with E-state index in [1.807, 2.05) is 12.1 Å². The molecule has 1 aliphatic carbocycles. The van der Waals surface area contributed by atoms with E-state index in [1.165, 1.54) is 0 Å². The number of carboxylic acid groups (broad SMARTS) is 1. The molecule has 3 rings (SSSR count). The van der Waals surface area contributed by atoms with Crippen LogP contribution in [0.2, 0.25) is 5.02 Å². The molecule has 0 amide bonds. The third-order valence-corrected chi connectivity index (χ3v) is 3.74. The van der Waals surface area contributed by atoms with Crippen molar-refractivity contribution in [1.82, 2.24) is 9.55 Å². The Kier molecular flexibility index (Phi) is 2.41. The van der Waals surface area contributed by atoms with Gasteiger partial charge in [0, 0.05) is 12.4 Å². The van der Waals surface area contributed by atoms with Gasteiger partial charge < -0.3 is 9.67 Å². The van der Waals surface area contributed by atoms with Crippen LogP contribution >= 0.6 is 11.6 Å². The number of carbonyl (C=O) groups is 1. The molecule has 1 saturated carbocycles. The molecule has 1 aromatic heterocycles. The van der Waals surface area contributed by atoms with Crippen LogP contribution in [-0.4, -0.2) is 20.6 Å². The van der Waals surface area contributed by atoms with Gasteiger partial charge in [-0.05, 0) is 30.5 Å². The van der Waals surface area contributed by atoms with Gasteiger partial charge in [-0.3, -0.25) is 4.79 Å². The number of imidazole rings is 1. The molecule has 1 aromatic carbocycles. The van der Waals surface area contributed by atoms with E-state index in [0.29, 0.717) is 17.9 Å². The molecule has 4 nitrogen and oxygen atoms in total. The average molecular weight is 263 g/mol. The van der Waals surface area contributed by atoms with E-state index in [2.05, 4.69) is 4.98 Å². The first-order chi connectivity index (χ1) is 8.63. The van der Waals surface area contributed by atoms with Crippen LogP contribution in [-0.2, 0) is 10.2 Å². The first-order valence-electron chi connectivity index (χ1n) is 5.65. The second-order valence-electron chi connectivity index (χ2n) is 4.52. The Morgan fingerprint density at radius 2 is 2.22 bits per heavy atom. The largest absolute Gasteiger partial charge is 0.481 e. The maximum atomic E-state index is 11.3. The Hall–Kier alpha value is -1.81. The highest BCUT2D eigenvalue weighted by molar-refractivity contribution is 6.32. The summed E-state index contributed by atoms with van der Waals surface area (Å²) < 4.78 is 1.80. The van der Waals surface area contributed by atoms with Gasteiger partial charge in [0.25, 0.3) is 0 Å². The number of rotatable bonds is 3. The highest BCUT2D eigenvalue weighted by Crippen LogP contribution is 2.49. The van der Waals surface area contributed by atoms with Crippen LogP contribution in [0, 0.1) is 0 Å². The maximum Gasteiger partial charge on any atom is 0.314 e. The third-order valence-electron chi connectivity index (χ3n) is 3.44. The normalized spacial score (nSPS) is 16.5. The van der Waals surface area contributed by atoms with E-state index in [0.717, 1.165) is 11.3 Å². The van der Waals surface area contributed by atoms with Gasteiger partial charge in [0.1, 0.15) is 0 Å². The van der Waals surface area contributed by atoms with E-state index < -0.39 is 11.4 Å². The predicted octanol–water partition coefficient (Wildman–Crippen LogP) is 2.64. The van der Waals surface area contributed by atoms with Crippen LogP contribution in [0.3, 0.4) is 0 Å². The highest BCUT2D eigenvalue weighted by Gasteiger charge is 2.51. The average Bonchev–Trinajstić information content (AvgIpc) is 2.99. The summed E-state index contributed by atoms with van der Waals surface area (Å²) >= 11 is 6.22. The molecule has 1 N–H and O–H groups in total. The van der Waals surface area contributed by atoms with Crippen molar-refractivity contribution in [3.63, 3.8) is 0 Å². The predicted molar refractivity (Wildman–Crippen MR) is 67.1 cm³/mol. The topological polar surface area (TPSA) is 55.1 Å². The molecule has 1 aliphatic rings. The Morgan fingerprint density at radius 3 is 2.72 bits per heavy atom. The van der Waals surface area contributed by atoms with Crippen molar-refractivity contribution in [3.8, 4) is 5.69 Å². The van der Waals surface area contributed by atoms with Gasteiger partial charge in [-0.2, -0.15) is 0 Å². The van der Waals surface area contributed by atoms with Gasteiger partial charge in [0.15, 0.2) is 0 Å². The van der Waals surface area contributed by atoms with Crippen LogP contribution in [0.1, 0.15) is 18.4 Å². The lowest BCUT2D eigenvalue weighted by Gasteiger charge is -2.12. The summed E-state index contributed by atoms with van der Waals surface area (Å²) in [5.41, 5.74) is 0.875. The summed E-state index contributed by atoms with van der Waals surface area (Å²) in [6, 6.07) is 5.42. The standard InChI is InChI=1S/C13H11ClN2O2/c14-10-7-9(13(3-4-13)12(17)18)1-2-11(10)16-6-5-15-8-16/h1-2,5-8H,3-4H2,(H,17,18). The molecule has 2 aromatic rings. The lowest BCUT2D eigenvalue weighted by Crippen LogP contribution is -2.19. The number of hydrogen-bond donors (Lipinski definition) is 1. The molecular formula is C13H11ClN2O2. The summed E-state index contributed by atoms with van der Waals surface area (Å²) in [5, 5.41) is 9.78. The number of aromatic nitrogens is 2. The molecule has 18 heavy (non-hydrogen) atoms. The summed E-state index contributed by atoms with van der Waals surface area (Å²) in [4.78, 5) is 15.2. The molecule has 1 heterocycles. The van der Waals surface area contributed by atoms with Crippen LogP contribution in [0.15, 0.2) is 36.9 Å². The van der Waals surface area contributed by atoms with Crippen LogP contribution < -0.4 is 0 Å². The number of aliphatic carboxylic acids is 1.